The second-order valence-electron chi connectivity index (χ2n) is 6.22. The van der Waals surface area contributed by atoms with Gasteiger partial charge in [-0.1, -0.05) is 19.1 Å². The maximum absolute atomic E-state index is 13.1. The Kier molecular flexibility index (Phi) is 7.18. The highest BCUT2D eigenvalue weighted by molar-refractivity contribution is 5.85. The van der Waals surface area contributed by atoms with Gasteiger partial charge in [0.05, 0.1) is 13.0 Å². The molecule has 1 fully saturated rings. The number of rotatable bonds is 7. The Morgan fingerprint density at radius 3 is 2.71 bits per heavy atom. The molecule has 5 nitrogen and oxygen atoms in total. The number of hydrogen-bond acceptors (Lipinski definition) is 3. The van der Waals surface area contributed by atoms with Gasteiger partial charge in [0, 0.05) is 13.1 Å². The van der Waals surface area contributed by atoms with Gasteiger partial charge in [0.25, 0.3) is 0 Å². The van der Waals surface area contributed by atoms with Crippen molar-refractivity contribution in [3.05, 3.63) is 35.6 Å². The van der Waals surface area contributed by atoms with Gasteiger partial charge in [-0.3, -0.25) is 9.59 Å². The zero-order valence-electron chi connectivity index (χ0n) is 14.2. The van der Waals surface area contributed by atoms with E-state index in [0.717, 1.165) is 39.0 Å². The first-order valence-electron chi connectivity index (χ1n) is 8.58. The van der Waals surface area contributed by atoms with Crippen LogP contribution in [0.3, 0.4) is 0 Å². The highest BCUT2D eigenvalue weighted by atomic mass is 19.1. The van der Waals surface area contributed by atoms with Crippen LogP contribution < -0.4 is 10.6 Å². The third kappa shape index (κ3) is 5.92. The van der Waals surface area contributed by atoms with Crippen molar-refractivity contribution in [1.82, 2.24) is 15.5 Å². The minimum absolute atomic E-state index is 0.00598. The summed E-state index contributed by atoms with van der Waals surface area (Å²) in [7, 11) is 0. The maximum atomic E-state index is 13.1. The molecule has 24 heavy (non-hydrogen) atoms. The number of likely N-dealkylation sites (tertiary alicyclic amines) is 1. The quantitative estimate of drug-likeness (QED) is 0.790. The molecule has 0 aromatic heterocycles. The Labute approximate surface area is 142 Å². The molecule has 6 heteroatoms. The smallest absolute Gasteiger partial charge is 0.241 e. The minimum Gasteiger partial charge on any atom is -0.347 e. The number of amides is 2. The van der Waals surface area contributed by atoms with Gasteiger partial charge in [0.2, 0.25) is 11.8 Å². The second-order valence-corrected chi connectivity index (χ2v) is 6.22. The standard InChI is InChI=1S/C18H26FN3O2/c1-2-20-12-14-6-8-22(9-7-14)18(24)13-21-17(23)11-15-4-3-5-16(19)10-15/h3-5,10,14,20H,2,6-9,11-13H2,1H3,(H,21,23). The van der Waals surface area contributed by atoms with E-state index in [2.05, 4.69) is 17.6 Å². The summed E-state index contributed by atoms with van der Waals surface area (Å²) in [5.74, 6) is -0.0612. The van der Waals surface area contributed by atoms with Crippen molar-refractivity contribution in [2.75, 3.05) is 32.7 Å². The maximum Gasteiger partial charge on any atom is 0.241 e. The van der Waals surface area contributed by atoms with Gasteiger partial charge in [-0.05, 0) is 49.5 Å². The fourth-order valence-electron chi connectivity index (χ4n) is 2.92. The molecule has 0 bridgehead atoms. The number of benzene rings is 1. The lowest BCUT2D eigenvalue weighted by Gasteiger charge is -2.32. The summed E-state index contributed by atoms with van der Waals surface area (Å²) in [5, 5.41) is 5.97. The topological polar surface area (TPSA) is 61.4 Å². The lowest BCUT2D eigenvalue weighted by atomic mass is 9.97. The molecule has 2 rings (SSSR count). The fraction of sp³-hybridized carbons (Fsp3) is 0.556. The van der Waals surface area contributed by atoms with E-state index in [0.29, 0.717) is 11.5 Å². The predicted octanol–water partition coefficient (Wildman–Crippen LogP) is 1.33. The van der Waals surface area contributed by atoms with E-state index in [1.165, 1.54) is 12.1 Å². The van der Waals surface area contributed by atoms with Crippen LogP contribution in [0.2, 0.25) is 0 Å². The summed E-state index contributed by atoms with van der Waals surface area (Å²) in [5.41, 5.74) is 0.601. The zero-order chi connectivity index (χ0) is 17.4. The van der Waals surface area contributed by atoms with E-state index in [1.807, 2.05) is 4.90 Å². The Morgan fingerprint density at radius 1 is 1.29 bits per heavy atom. The first-order chi connectivity index (χ1) is 11.6. The molecule has 1 heterocycles. The first kappa shape index (κ1) is 18.4. The third-order valence-corrected chi connectivity index (χ3v) is 4.34. The van der Waals surface area contributed by atoms with Crippen molar-refractivity contribution in [2.24, 2.45) is 5.92 Å². The second kappa shape index (κ2) is 9.37. The largest absolute Gasteiger partial charge is 0.347 e. The van der Waals surface area contributed by atoms with Gasteiger partial charge < -0.3 is 15.5 Å². The number of hydrogen-bond donors (Lipinski definition) is 2. The van der Waals surface area contributed by atoms with Crippen molar-refractivity contribution in [3.8, 4) is 0 Å². The summed E-state index contributed by atoms with van der Waals surface area (Å²) < 4.78 is 13.1. The molecule has 2 amide bonds. The summed E-state index contributed by atoms with van der Waals surface area (Å²) in [6, 6.07) is 5.93. The van der Waals surface area contributed by atoms with Crippen LogP contribution in [-0.4, -0.2) is 49.4 Å². The number of nitrogens with zero attached hydrogens (tertiary/aromatic N) is 1. The molecule has 0 aliphatic carbocycles. The van der Waals surface area contributed by atoms with Crippen LogP contribution in [0, 0.1) is 11.7 Å². The van der Waals surface area contributed by atoms with Crippen LogP contribution in [-0.2, 0) is 16.0 Å². The molecule has 0 atom stereocenters. The molecule has 0 spiro atoms. The van der Waals surface area contributed by atoms with Gasteiger partial charge in [-0.25, -0.2) is 4.39 Å². The number of carbonyl (C=O) groups is 2. The van der Waals surface area contributed by atoms with Gasteiger partial charge in [0.15, 0.2) is 0 Å². The highest BCUT2D eigenvalue weighted by Gasteiger charge is 2.22. The molecule has 0 saturated carbocycles. The summed E-state index contributed by atoms with van der Waals surface area (Å²) in [6.07, 6.45) is 2.07. The van der Waals surface area contributed by atoms with Gasteiger partial charge in [0.1, 0.15) is 5.82 Å². The molecular formula is C18H26FN3O2. The molecule has 1 aliphatic rings. The third-order valence-electron chi connectivity index (χ3n) is 4.34. The fourth-order valence-corrected chi connectivity index (χ4v) is 2.92. The van der Waals surface area contributed by atoms with E-state index in [-0.39, 0.29) is 30.6 Å². The Hall–Kier alpha value is -1.95. The van der Waals surface area contributed by atoms with E-state index in [9.17, 15) is 14.0 Å². The number of halogens is 1. The molecule has 1 aliphatic heterocycles. The van der Waals surface area contributed by atoms with Crippen LogP contribution in [0.15, 0.2) is 24.3 Å². The van der Waals surface area contributed by atoms with Crippen molar-refractivity contribution < 1.29 is 14.0 Å². The average Bonchev–Trinajstić information content (AvgIpc) is 2.58. The van der Waals surface area contributed by atoms with Gasteiger partial charge >= 0.3 is 0 Å². The molecule has 1 aromatic rings. The Morgan fingerprint density at radius 2 is 2.04 bits per heavy atom. The van der Waals surface area contributed by atoms with E-state index in [4.69, 9.17) is 0 Å². The Balaban J connectivity index is 1.68. The molecular weight excluding hydrogens is 309 g/mol. The first-order valence-corrected chi connectivity index (χ1v) is 8.58. The van der Waals surface area contributed by atoms with Crippen molar-refractivity contribution in [3.63, 3.8) is 0 Å². The van der Waals surface area contributed by atoms with Crippen LogP contribution in [0.1, 0.15) is 25.3 Å². The lowest BCUT2D eigenvalue weighted by Crippen LogP contribution is -2.45. The summed E-state index contributed by atoms with van der Waals surface area (Å²) in [4.78, 5) is 25.8. The van der Waals surface area contributed by atoms with Gasteiger partial charge in [-0.15, -0.1) is 0 Å². The number of piperidine rings is 1. The summed E-state index contributed by atoms with van der Waals surface area (Å²) >= 11 is 0. The zero-order valence-corrected chi connectivity index (χ0v) is 14.2. The van der Waals surface area contributed by atoms with Crippen LogP contribution in [0.4, 0.5) is 4.39 Å². The number of nitrogens with one attached hydrogen (secondary N) is 2. The van der Waals surface area contributed by atoms with E-state index < -0.39 is 0 Å². The molecule has 132 valence electrons. The Bertz CT molecular complexity index is 557. The van der Waals surface area contributed by atoms with Crippen LogP contribution >= 0.6 is 0 Å². The SMILES string of the molecule is CCNCC1CCN(C(=O)CNC(=O)Cc2cccc(F)c2)CC1. The predicted molar refractivity (Wildman–Crippen MR) is 91.0 cm³/mol. The summed E-state index contributed by atoms with van der Waals surface area (Å²) in [6.45, 7) is 5.56. The van der Waals surface area contributed by atoms with Crippen molar-refractivity contribution >= 4 is 11.8 Å². The van der Waals surface area contributed by atoms with E-state index >= 15 is 0 Å². The van der Waals surface area contributed by atoms with Crippen molar-refractivity contribution in [2.45, 2.75) is 26.2 Å². The lowest BCUT2D eigenvalue weighted by molar-refractivity contribution is -0.133. The highest BCUT2D eigenvalue weighted by Crippen LogP contribution is 2.16. The van der Waals surface area contributed by atoms with Crippen LogP contribution in [0.5, 0.6) is 0 Å². The van der Waals surface area contributed by atoms with Crippen molar-refractivity contribution in [1.29, 1.82) is 0 Å². The molecule has 1 saturated heterocycles. The van der Waals surface area contributed by atoms with Crippen LogP contribution in [0.25, 0.3) is 0 Å². The minimum atomic E-state index is -0.364. The number of carbonyl (C=O) groups excluding carboxylic acids is 2. The average molecular weight is 335 g/mol. The van der Waals surface area contributed by atoms with Gasteiger partial charge in [-0.2, -0.15) is 0 Å². The molecule has 1 aromatic carbocycles. The molecule has 0 radical (unpaired) electrons. The monoisotopic (exact) mass is 335 g/mol. The van der Waals surface area contributed by atoms with E-state index in [1.54, 1.807) is 12.1 Å². The molecule has 2 N–H and O–H groups in total. The molecule has 0 unspecified atom stereocenters. The normalized spacial score (nSPS) is 15.3.